The van der Waals surface area contributed by atoms with E-state index in [1.807, 2.05) is 6.92 Å². The van der Waals surface area contributed by atoms with Gasteiger partial charge in [-0.1, -0.05) is 26.7 Å². The van der Waals surface area contributed by atoms with Crippen molar-refractivity contribution in [2.45, 2.75) is 64.3 Å². The molecule has 1 aliphatic rings. The van der Waals surface area contributed by atoms with Crippen LogP contribution in [-0.2, 0) is 10.2 Å². The van der Waals surface area contributed by atoms with Crippen LogP contribution in [0.2, 0.25) is 0 Å². The van der Waals surface area contributed by atoms with Gasteiger partial charge in [-0.2, -0.15) is 0 Å². The SMILES string of the molecule is CCCC1(CCC)CC(C(=O)O)n2c1c(NCC)ncc2=O. The molecule has 6 heteroatoms. The van der Waals surface area contributed by atoms with Gasteiger partial charge in [0.1, 0.15) is 11.9 Å². The predicted molar refractivity (Wildman–Crippen MR) is 85.4 cm³/mol. The first-order chi connectivity index (χ1) is 10.5. The van der Waals surface area contributed by atoms with E-state index < -0.39 is 12.0 Å². The maximum absolute atomic E-state index is 12.3. The summed E-state index contributed by atoms with van der Waals surface area (Å²) < 4.78 is 1.46. The van der Waals surface area contributed by atoms with E-state index in [9.17, 15) is 14.7 Å². The number of aromatic nitrogens is 2. The van der Waals surface area contributed by atoms with Gasteiger partial charge in [0.25, 0.3) is 5.56 Å². The molecule has 1 aromatic heterocycles. The van der Waals surface area contributed by atoms with Gasteiger partial charge in [0.15, 0.2) is 0 Å². The summed E-state index contributed by atoms with van der Waals surface area (Å²) >= 11 is 0. The lowest BCUT2D eigenvalue weighted by molar-refractivity contribution is -0.141. The van der Waals surface area contributed by atoms with Crippen molar-refractivity contribution in [3.63, 3.8) is 0 Å². The monoisotopic (exact) mass is 307 g/mol. The van der Waals surface area contributed by atoms with E-state index in [1.165, 1.54) is 10.8 Å². The summed E-state index contributed by atoms with van der Waals surface area (Å²) in [7, 11) is 0. The number of hydrogen-bond donors (Lipinski definition) is 2. The van der Waals surface area contributed by atoms with Gasteiger partial charge in [0.05, 0.1) is 11.9 Å². The Bertz CT molecular complexity index is 603. The Balaban J connectivity index is 2.71. The minimum Gasteiger partial charge on any atom is -0.480 e. The van der Waals surface area contributed by atoms with Gasteiger partial charge >= 0.3 is 5.97 Å². The molecule has 1 aromatic rings. The van der Waals surface area contributed by atoms with Gasteiger partial charge in [-0.3, -0.25) is 9.36 Å². The van der Waals surface area contributed by atoms with Crippen molar-refractivity contribution in [2.75, 3.05) is 11.9 Å². The molecule has 1 atom stereocenters. The topological polar surface area (TPSA) is 84.2 Å². The molecule has 0 bridgehead atoms. The molecule has 0 radical (unpaired) electrons. The molecule has 22 heavy (non-hydrogen) atoms. The molecule has 0 amide bonds. The molecular weight excluding hydrogens is 282 g/mol. The Labute approximate surface area is 130 Å². The number of carboxylic acid groups (broad SMARTS) is 1. The number of fused-ring (bicyclic) bond motifs is 1. The molecule has 0 saturated heterocycles. The summed E-state index contributed by atoms with van der Waals surface area (Å²) in [4.78, 5) is 28.2. The van der Waals surface area contributed by atoms with E-state index in [4.69, 9.17) is 0 Å². The van der Waals surface area contributed by atoms with E-state index in [-0.39, 0.29) is 11.0 Å². The fourth-order valence-electron chi connectivity index (χ4n) is 3.86. The van der Waals surface area contributed by atoms with Gasteiger partial charge < -0.3 is 10.4 Å². The zero-order valence-electron chi connectivity index (χ0n) is 13.6. The number of nitrogens with zero attached hydrogens (tertiary/aromatic N) is 2. The Morgan fingerprint density at radius 2 is 2.05 bits per heavy atom. The second-order valence-electron chi connectivity index (χ2n) is 6.03. The van der Waals surface area contributed by atoms with Crippen LogP contribution in [0.3, 0.4) is 0 Å². The van der Waals surface area contributed by atoms with Crippen LogP contribution in [0.1, 0.15) is 64.6 Å². The van der Waals surface area contributed by atoms with Crippen LogP contribution in [0.5, 0.6) is 0 Å². The Kier molecular flexibility index (Phi) is 4.88. The third kappa shape index (κ3) is 2.62. The predicted octanol–water partition coefficient (Wildman–Crippen LogP) is 2.54. The number of carboxylic acids is 1. The summed E-state index contributed by atoms with van der Waals surface area (Å²) in [6, 6.07) is -0.791. The van der Waals surface area contributed by atoms with E-state index in [2.05, 4.69) is 24.1 Å². The molecule has 6 nitrogen and oxygen atoms in total. The van der Waals surface area contributed by atoms with Gasteiger partial charge in [0, 0.05) is 12.0 Å². The molecule has 0 saturated carbocycles. The van der Waals surface area contributed by atoms with Crippen molar-refractivity contribution in [3.8, 4) is 0 Å². The summed E-state index contributed by atoms with van der Waals surface area (Å²) in [6.45, 7) is 6.84. The Hall–Kier alpha value is -1.85. The van der Waals surface area contributed by atoms with Gasteiger partial charge in [-0.25, -0.2) is 9.78 Å². The second kappa shape index (κ2) is 6.50. The number of nitrogens with one attached hydrogen (secondary N) is 1. The lowest BCUT2D eigenvalue weighted by Crippen LogP contribution is -2.30. The largest absolute Gasteiger partial charge is 0.480 e. The molecule has 2 N–H and O–H groups in total. The maximum Gasteiger partial charge on any atom is 0.326 e. The molecule has 0 aliphatic carbocycles. The highest BCUT2D eigenvalue weighted by molar-refractivity contribution is 5.74. The fraction of sp³-hybridized carbons (Fsp3) is 0.688. The molecular formula is C16H25N3O3. The smallest absolute Gasteiger partial charge is 0.326 e. The molecule has 2 heterocycles. The molecule has 0 fully saturated rings. The summed E-state index contributed by atoms with van der Waals surface area (Å²) in [5.74, 6) is -0.279. The molecule has 1 aliphatic heterocycles. The summed E-state index contributed by atoms with van der Waals surface area (Å²) in [5, 5.41) is 12.8. The lowest BCUT2D eigenvalue weighted by Gasteiger charge is -2.30. The fourth-order valence-corrected chi connectivity index (χ4v) is 3.86. The molecule has 122 valence electrons. The van der Waals surface area contributed by atoms with E-state index in [0.29, 0.717) is 18.8 Å². The van der Waals surface area contributed by atoms with Crippen LogP contribution < -0.4 is 10.9 Å². The van der Waals surface area contributed by atoms with Crippen molar-refractivity contribution < 1.29 is 9.90 Å². The number of rotatable bonds is 7. The van der Waals surface area contributed by atoms with Gasteiger partial charge in [-0.15, -0.1) is 0 Å². The standard InChI is InChI=1S/C16H25N3O3/c1-4-7-16(8-5-2)9-11(15(21)22)19-12(20)10-18-14(13(16)19)17-6-3/h10-11,17H,4-9H2,1-3H3,(H,21,22). The zero-order chi connectivity index (χ0) is 16.3. The summed E-state index contributed by atoms with van der Waals surface area (Å²) in [5.41, 5.74) is 0.188. The average Bonchev–Trinajstić information content (AvgIpc) is 2.80. The third-order valence-electron chi connectivity index (χ3n) is 4.49. The normalized spacial score (nSPS) is 19.0. The quantitative estimate of drug-likeness (QED) is 0.808. The molecule has 0 spiro atoms. The highest BCUT2D eigenvalue weighted by atomic mass is 16.4. The van der Waals surface area contributed by atoms with Crippen molar-refractivity contribution in [1.29, 1.82) is 0 Å². The Morgan fingerprint density at radius 3 is 2.55 bits per heavy atom. The number of hydrogen-bond acceptors (Lipinski definition) is 4. The van der Waals surface area contributed by atoms with Gasteiger partial charge in [0.2, 0.25) is 0 Å². The maximum atomic E-state index is 12.3. The van der Waals surface area contributed by atoms with Crippen LogP contribution in [0.4, 0.5) is 5.82 Å². The van der Waals surface area contributed by atoms with Crippen LogP contribution in [0, 0.1) is 0 Å². The van der Waals surface area contributed by atoms with Crippen LogP contribution in [0.15, 0.2) is 11.0 Å². The van der Waals surface area contributed by atoms with Crippen molar-refractivity contribution in [3.05, 3.63) is 22.2 Å². The van der Waals surface area contributed by atoms with E-state index >= 15 is 0 Å². The van der Waals surface area contributed by atoms with Crippen molar-refractivity contribution >= 4 is 11.8 Å². The minimum absolute atomic E-state index is 0.280. The van der Waals surface area contributed by atoms with Gasteiger partial charge in [-0.05, 0) is 26.2 Å². The molecule has 0 aromatic carbocycles. The second-order valence-corrected chi connectivity index (χ2v) is 6.03. The van der Waals surface area contributed by atoms with E-state index in [0.717, 1.165) is 31.4 Å². The minimum atomic E-state index is -0.939. The molecule has 2 rings (SSSR count). The van der Waals surface area contributed by atoms with Crippen LogP contribution in [0.25, 0.3) is 0 Å². The number of aliphatic carboxylic acids is 1. The first kappa shape index (κ1) is 16.5. The van der Waals surface area contributed by atoms with Crippen LogP contribution in [-0.4, -0.2) is 27.2 Å². The first-order valence-electron chi connectivity index (χ1n) is 8.09. The highest BCUT2D eigenvalue weighted by Crippen LogP contribution is 2.48. The lowest BCUT2D eigenvalue weighted by atomic mass is 9.74. The Morgan fingerprint density at radius 1 is 1.41 bits per heavy atom. The first-order valence-corrected chi connectivity index (χ1v) is 8.09. The number of carbonyl (C=O) groups is 1. The summed E-state index contributed by atoms with van der Waals surface area (Å²) in [6.07, 6.45) is 5.33. The number of anilines is 1. The average molecular weight is 307 g/mol. The van der Waals surface area contributed by atoms with Crippen molar-refractivity contribution in [2.24, 2.45) is 0 Å². The zero-order valence-corrected chi connectivity index (χ0v) is 13.6. The van der Waals surface area contributed by atoms with Crippen LogP contribution >= 0.6 is 0 Å². The highest BCUT2D eigenvalue weighted by Gasteiger charge is 2.48. The third-order valence-corrected chi connectivity index (χ3v) is 4.49. The molecule has 1 unspecified atom stereocenters. The van der Waals surface area contributed by atoms with Crippen molar-refractivity contribution in [1.82, 2.24) is 9.55 Å². The van der Waals surface area contributed by atoms with E-state index in [1.54, 1.807) is 0 Å².